The molecule has 0 fully saturated rings. The highest BCUT2D eigenvalue weighted by molar-refractivity contribution is 5.95. The maximum Gasteiger partial charge on any atom is 0.336 e. The van der Waals surface area contributed by atoms with Gasteiger partial charge >= 0.3 is 11.7 Å². The Hall–Kier alpha value is -3.86. The van der Waals surface area contributed by atoms with Gasteiger partial charge in [0, 0.05) is 17.3 Å². The Morgan fingerprint density at radius 1 is 0.818 bits per heavy atom. The van der Waals surface area contributed by atoms with Crippen molar-refractivity contribution in [2.75, 3.05) is 0 Å². The molecule has 33 heavy (non-hydrogen) atoms. The van der Waals surface area contributed by atoms with Crippen LogP contribution in [0.1, 0.15) is 48.0 Å². The lowest BCUT2D eigenvalue weighted by molar-refractivity contribution is 0.0697. The molecule has 0 aliphatic carbocycles. The molecule has 0 atom stereocenters. The minimum Gasteiger partial charge on any atom is -0.478 e. The maximum atomic E-state index is 13.3. The van der Waals surface area contributed by atoms with Crippen LogP contribution in [-0.2, 0) is 18.5 Å². The molecule has 4 aromatic rings. The second-order valence-corrected chi connectivity index (χ2v) is 9.29. The van der Waals surface area contributed by atoms with Gasteiger partial charge in [0.1, 0.15) is 0 Å². The van der Waals surface area contributed by atoms with Crippen molar-refractivity contribution in [3.05, 3.63) is 118 Å². The van der Waals surface area contributed by atoms with Crippen molar-refractivity contribution in [3.63, 3.8) is 0 Å². The molecule has 0 amide bonds. The second-order valence-electron chi connectivity index (χ2n) is 9.29. The summed E-state index contributed by atoms with van der Waals surface area (Å²) in [5.74, 6) is -0.948. The van der Waals surface area contributed by atoms with Gasteiger partial charge in [-0.25, -0.2) is 9.59 Å². The largest absolute Gasteiger partial charge is 0.478 e. The predicted molar refractivity (Wildman–Crippen MR) is 131 cm³/mol. The van der Waals surface area contributed by atoms with Crippen LogP contribution in [0.2, 0.25) is 0 Å². The lowest BCUT2D eigenvalue weighted by atomic mass is 9.92. The first-order valence-electron chi connectivity index (χ1n) is 11.0. The second kappa shape index (κ2) is 8.94. The lowest BCUT2D eigenvalue weighted by Crippen LogP contribution is -2.28. The van der Waals surface area contributed by atoms with Gasteiger partial charge in [0.25, 0.3) is 0 Å². The van der Waals surface area contributed by atoms with E-state index in [0.29, 0.717) is 18.7 Å². The summed E-state index contributed by atoms with van der Waals surface area (Å²) < 4.78 is 3.61. The number of hydrogen-bond donors (Lipinski definition) is 1. The van der Waals surface area contributed by atoms with Gasteiger partial charge in [-0.3, -0.25) is 9.13 Å². The van der Waals surface area contributed by atoms with Crippen molar-refractivity contribution in [2.24, 2.45) is 0 Å². The predicted octanol–water partition coefficient (Wildman–Crippen LogP) is 5.41. The first-order chi connectivity index (χ1) is 15.7. The number of carboxylic acids is 1. The molecule has 3 aromatic carbocycles. The van der Waals surface area contributed by atoms with Crippen LogP contribution in [0.5, 0.6) is 0 Å². The molecule has 0 saturated heterocycles. The summed E-state index contributed by atoms with van der Waals surface area (Å²) in [6, 6.07) is 24.7. The number of carboxylic acid groups (broad SMARTS) is 1. The topological polar surface area (TPSA) is 64.2 Å². The maximum absolute atomic E-state index is 13.3. The van der Waals surface area contributed by atoms with Crippen LogP contribution in [0, 0.1) is 0 Å². The monoisotopic (exact) mass is 440 g/mol. The first-order valence-corrected chi connectivity index (χ1v) is 11.0. The Morgan fingerprint density at radius 2 is 1.42 bits per heavy atom. The van der Waals surface area contributed by atoms with E-state index in [1.54, 1.807) is 16.7 Å². The number of aromatic carboxylic acids is 1. The average Bonchev–Trinajstić information content (AvgIpc) is 3.10. The molecule has 4 rings (SSSR count). The van der Waals surface area contributed by atoms with E-state index in [1.165, 1.54) is 0 Å². The van der Waals surface area contributed by atoms with Gasteiger partial charge in [0.05, 0.1) is 18.7 Å². The Kier molecular flexibility index (Phi) is 6.05. The Bertz CT molecular complexity index is 1320. The first kappa shape index (κ1) is 22.3. The summed E-state index contributed by atoms with van der Waals surface area (Å²) in [5, 5.41) is 9.48. The fourth-order valence-electron chi connectivity index (χ4n) is 4.07. The molecule has 0 saturated carbocycles. The molecule has 5 nitrogen and oxygen atoms in total. The van der Waals surface area contributed by atoms with Crippen molar-refractivity contribution in [1.82, 2.24) is 9.13 Å². The standard InChI is InChI=1S/C28H28N2O3/c1-28(2,3)25-19-29(17-20-9-5-4-6-10-20)27(33)30(25)18-21-13-15-22(16-14-21)23-11-7-8-12-24(23)26(31)32/h4-16,19H,17-18H2,1-3H3,(H,31,32). The quantitative estimate of drug-likeness (QED) is 0.436. The number of carbonyl (C=O) groups is 1. The lowest BCUT2D eigenvalue weighted by Gasteiger charge is -2.20. The average molecular weight is 441 g/mol. The molecule has 0 radical (unpaired) electrons. The Labute approximate surface area is 193 Å². The van der Waals surface area contributed by atoms with E-state index in [1.807, 2.05) is 77.5 Å². The summed E-state index contributed by atoms with van der Waals surface area (Å²) in [6.45, 7) is 7.31. The molecule has 168 valence electrons. The number of benzene rings is 3. The van der Waals surface area contributed by atoms with Gasteiger partial charge < -0.3 is 5.11 Å². The van der Waals surface area contributed by atoms with Crippen molar-refractivity contribution in [1.29, 1.82) is 0 Å². The number of rotatable bonds is 6. The number of aromatic nitrogens is 2. The fourth-order valence-corrected chi connectivity index (χ4v) is 4.07. The number of nitrogens with zero attached hydrogens (tertiary/aromatic N) is 2. The highest BCUT2D eigenvalue weighted by Crippen LogP contribution is 2.26. The third-order valence-corrected chi connectivity index (χ3v) is 5.77. The normalized spacial score (nSPS) is 11.5. The van der Waals surface area contributed by atoms with Crippen LogP contribution in [0.3, 0.4) is 0 Å². The third-order valence-electron chi connectivity index (χ3n) is 5.77. The van der Waals surface area contributed by atoms with Crippen molar-refractivity contribution in [2.45, 2.75) is 39.3 Å². The molecule has 0 unspecified atom stereocenters. The summed E-state index contributed by atoms with van der Waals surface area (Å²) in [6.07, 6.45) is 1.97. The summed E-state index contributed by atoms with van der Waals surface area (Å²) in [7, 11) is 0. The molecular formula is C28H28N2O3. The third kappa shape index (κ3) is 4.82. The van der Waals surface area contributed by atoms with Crippen LogP contribution < -0.4 is 5.69 Å². The molecule has 0 spiro atoms. The molecule has 1 heterocycles. The molecular weight excluding hydrogens is 412 g/mol. The SMILES string of the molecule is CC(C)(C)c1cn(Cc2ccccc2)c(=O)n1Cc1ccc(-c2ccccc2C(=O)O)cc1. The molecule has 0 aliphatic rings. The zero-order valence-electron chi connectivity index (χ0n) is 19.2. The van der Waals surface area contributed by atoms with E-state index in [-0.39, 0.29) is 16.7 Å². The van der Waals surface area contributed by atoms with Gasteiger partial charge in [-0.05, 0) is 28.3 Å². The van der Waals surface area contributed by atoms with Gasteiger partial charge in [-0.2, -0.15) is 0 Å². The fraction of sp³-hybridized carbons (Fsp3) is 0.214. The van der Waals surface area contributed by atoms with Gasteiger partial charge in [-0.15, -0.1) is 0 Å². The highest BCUT2D eigenvalue weighted by Gasteiger charge is 2.23. The minimum absolute atomic E-state index is 0.0379. The number of imidazole rings is 1. The molecule has 5 heteroatoms. The molecule has 1 N–H and O–H groups in total. The minimum atomic E-state index is -0.948. The van der Waals surface area contributed by atoms with E-state index in [2.05, 4.69) is 20.8 Å². The summed E-state index contributed by atoms with van der Waals surface area (Å²) >= 11 is 0. The van der Waals surface area contributed by atoms with Crippen molar-refractivity contribution < 1.29 is 9.90 Å². The van der Waals surface area contributed by atoms with Gasteiger partial charge in [0.2, 0.25) is 0 Å². The zero-order chi connectivity index (χ0) is 23.6. The Balaban J connectivity index is 1.66. The number of hydrogen-bond acceptors (Lipinski definition) is 2. The molecule has 0 bridgehead atoms. The molecule has 1 aromatic heterocycles. The van der Waals surface area contributed by atoms with Crippen LogP contribution in [0.25, 0.3) is 11.1 Å². The molecule has 0 aliphatic heterocycles. The van der Waals surface area contributed by atoms with Crippen molar-refractivity contribution in [3.8, 4) is 11.1 Å². The van der Waals surface area contributed by atoms with E-state index < -0.39 is 5.97 Å². The van der Waals surface area contributed by atoms with E-state index >= 15 is 0 Å². The van der Waals surface area contributed by atoms with Crippen molar-refractivity contribution >= 4 is 5.97 Å². The van der Waals surface area contributed by atoms with Gasteiger partial charge in [0.15, 0.2) is 0 Å². The zero-order valence-corrected chi connectivity index (χ0v) is 19.2. The van der Waals surface area contributed by atoms with Crippen LogP contribution in [0.15, 0.2) is 89.9 Å². The van der Waals surface area contributed by atoms with Crippen LogP contribution in [0.4, 0.5) is 0 Å². The van der Waals surface area contributed by atoms with E-state index in [0.717, 1.165) is 22.4 Å². The van der Waals surface area contributed by atoms with Gasteiger partial charge in [-0.1, -0.05) is 93.6 Å². The summed E-state index contributed by atoms with van der Waals surface area (Å²) in [4.78, 5) is 24.9. The Morgan fingerprint density at radius 3 is 2.06 bits per heavy atom. The van der Waals surface area contributed by atoms with E-state index in [4.69, 9.17) is 0 Å². The summed E-state index contributed by atoms with van der Waals surface area (Å²) in [5.41, 5.74) is 4.60. The van der Waals surface area contributed by atoms with E-state index in [9.17, 15) is 14.7 Å². The smallest absolute Gasteiger partial charge is 0.336 e. The van der Waals surface area contributed by atoms with Crippen LogP contribution >= 0.6 is 0 Å². The highest BCUT2D eigenvalue weighted by atomic mass is 16.4. The van der Waals surface area contributed by atoms with Crippen LogP contribution in [-0.4, -0.2) is 20.2 Å².